The topological polar surface area (TPSA) is 30.5 Å². The molecule has 4 heteroatoms. The number of anilines is 1. The smallest absolute Gasteiger partial charge is 0.250 e. The zero-order chi connectivity index (χ0) is 18.7. The summed E-state index contributed by atoms with van der Waals surface area (Å²) in [6.07, 6.45) is 0. The molecule has 1 atom stereocenters. The summed E-state index contributed by atoms with van der Waals surface area (Å²) in [5.74, 6) is 1.83. The molecule has 0 bridgehead atoms. The Kier molecular flexibility index (Phi) is 5.83. The second-order valence-electron chi connectivity index (χ2n) is 8.03. The SMILES string of the molecule is COc1ccc(N[C@@H](C)c2cccc(O[Si](C)(C)C(C)(C)C)c2)cc1. The van der Waals surface area contributed by atoms with Crippen molar-refractivity contribution in [3.8, 4) is 11.5 Å². The van der Waals surface area contributed by atoms with Gasteiger partial charge in [-0.2, -0.15) is 0 Å². The van der Waals surface area contributed by atoms with Crippen LogP contribution in [0.5, 0.6) is 11.5 Å². The van der Waals surface area contributed by atoms with Gasteiger partial charge in [0.25, 0.3) is 0 Å². The van der Waals surface area contributed by atoms with Crippen LogP contribution in [0.15, 0.2) is 48.5 Å². The molecule has 2 aromatic carbocycles. The Morgan fingerprint density at radius 2 is 1.60 bits per heavy atom. The number of ether oxygens (including phenoxy) is 1. The van der Waals surface area contributed by atoms with Crippen molar-refractivity contribution in [3.05, 3.63) is 54.1 Å². The largest absolute Gasteiger partial charge is 0.543 e. The van der Waals surface area contributed by atoms with E-state index >= 15 is 0 Å². The van der Waals surface area contributed by atoms with Crippen LogP contribution in [-0.4, -0.2) is 15.4 Å². The number of hydrogen-bond donors (Lipinski definition) is 1. The predicted octanol–water partition coefficient (Wildman–Crippen LogP) is 6.25. The molecule has 2 rings (SSSR count). The quantitative estimate of drug-likeness (QED) is 0.620. The van der Waals surface area contributed by atoms with E-state index in [1.54, 1.807) is 7.11 Å². The van der Waals surface area contributed by atoms with E-state index in [9.17, 15) is 0 Å². The molecule has 1 N–H and O–H groups in total. The monoisotopic (exact) mass is 357 g/mol. The van der Waals surface area contributed by atoms with Gasteiger partial charge in [-0.25, -0.2) is 0 Å². The highest BCUT2D eigenvalue weighted by Crippen LogP contribution is 2.37. The van der Waals surface area contributed by atoms with E-state index in [4.69, 9.17) is 9.16 Å². The van der Waals surface area contributed by atoms with Gasteiger partial charge in [0.05, 0.1) is 7.11 Å². The van der Waals surface area contributed by atoms with Gasteiger partial charge in [0, 0.05) is 11.7 Å². The van der Waals surface area contributed by atoms with Gasteiger partial charge in [-0.15, -0.1) is 0 Å². The number of methoxy groups -OCH3 is 1. The summed E-state index contributed by atoms with van der Waals surface area (Å²) >= 11 is 0. The van der Waals surface area contributed by atoms with Crippen LogP contribution in [0.2, 0.25) is 18.1 Å². The van der Waals surface area contributed by atoms with Crippen molar-refractivity contribution in [2.45, 2.75) is 51.9 Å². The molecule has 0 heterocycles. The lowest BCUT2D eigenvalue weighted by molar-refractivity contribution is 0.415. The highest BCUT2D eigenvalue weighted by atomic mass is 28.4. The molecule has 136 valence electrons. The number of nitrogens with one attached hydrogen (secondary N) is 1. The first-order chi connectivity index (χ1) is 11.6. The Balaban J connectivity index is 2.11. The van der Waals surface area contributed by atoms with Gasteiger partial charge in [-0.1, -0.05) is 32.9 Å². The molecule has 0 saturated heterocycles. The molecule has 25 heavy (non-hydrogen) atoms. The van der Waals surface area contributed by atoms with E-state index in [2.05, 4.69) is 70.4 Å². The Bertz CT molecular complexity index is 690. The lowest BCUT2D eigenvalue weighted by Crippen LogP contribution is -2.43. The standard InChI is InChI=1S/C21H31NO2Si/c1-16(22-18-11-13-19(23-5)14-12-18)17-9-8-10-20(15-17)24-25(6,7)21(2,3)4/h8-16,22H,1-7H3/t16-/m0/s1. The van der Waals surface area contributed by atoms with Crippen molar-refractivity contribution in [1.82, 2.24) is 0 Å². The van der Waals surface area contributed by atoms with Crippen LogP contribution in [0.25, 0.3) is 0 Å². The van der Waals surface area contributed by atoms with Crippen LogP contribution in [0.1, 0.15) is 39.3 Å². The first-order valence-electron chi connectivity index (χ1n) is 8.82. The second-order valence-corrected chi connectivity index (χ2v) is 12.8. The van der Waals surface area contributed by atoms with Crippen molar-refractivity contribution in [2.75, 3.05) is 12.4 Å². The molecule has 3 nitrogen and oxygen atoms in total. The average molecular weight is 358 g/mol. The van der Waals surface area contributed by atoms with Crippen molar-refractivity contribution in [2.24, 2.45) is 0 Å². The number of rotatable bonds is 6. The highest BCUT2D eigenvalue weighted by Gasteiger charge is 2.38. The van der Waals surface area contributed by atoms with Gasteiger partial charge < -0.3 is 14.5 Å². The highest BCUT2D eigenvalue weighted by molar-refractivity contribution is 6.74. The van der Waals surface area contributed by atoms with Crippen LogP contribution in [-0.2, 0) is 0 Å². The van der Waals surface area contributed by atoms with E-state index in [0.717, 1.165) is 17.2 Å². The Labute approximate surface area is 153 Å². The normalized spacial score (nSPS) is 13.2. The molecule has 0 aliphatic heterocycles. The van der Waals surface area contributed by atoms with E-state index in [-0.39, 0.29) is 11.1 Å². The third-order valence-corrected chi connectivity index (χ3v) is 9.37. The summed E-state index contributed by atoms with van der Waals surface area (Å²) in [4.78, 5) is 0. The molecule has 0 spiro atoms. The molecule has 0 aliphatic rings. The molecule has 0 amide bonds. The minimum absolute atomic E-state index is 0.190. The lowest BCUT2D eigenvalue weighted by Gasteiger charge is -2.36. The van der Waals surface area contributed by atoms with Crippen LogP contribution in [0, 0.1) is 0 Å². The second kappa shape index (κ2) is 7.52. The molecular formula is C21H31NO2Si. The minimum Gasteiger partial charge on any atom is -0.543 e. The maximum absolute atomic E-state index is 6.43. The van der Waals surface area contributed by atoms with E-state index in [0.29, 0.717) is 0 Å². The van der Waals surface area contributed by atoms with Crippen LogP contribution in [0.4, 0.5) is 5.69 Å². The maximum Gasteiger partial charge on any atom is 0.250 e. The van der Waals surface area contributed by atoms with Crippen molar-refractivity contribution in [1.29, 1.82) is 0 Å². The van der Waals surface area contributed by atoms with E-state index in [1.807, 2.05) is 24.3 Å². The van der Waals surface area contributed by atoms with Gasteiger partial charge in [0.2, 0.25) is 8.32 Å². The van der Waals surface area contributed by atoms with E-state index < -0.39 is 8.32 Å². The van der Waals surface area contributed by atoms with Crippen molar-refractivity contribution >= 4 is 14.0 Å². The fourth-order valence-corrected chi connectivity index (χ4v) is 3.34. The van der Waals surface area contributed by atoms with Crippen molar-refractivity contribution < 1.29 is 9.16 Å². The molecule has 0 radical (unpaired) electrons. The summed E-state index contributed by atoms with van der Waals surface area (Å²) in [7, 11) is -0.143. The molecule has 0 fully saturated rings. The van der Waals surface area contributed by atoms with Crippen LogP contribution < -0.4 is 14.5 Å². The number of hydrogen-bond acceptors (Lipinski definition) is 3. The molecule has 0 saturated carbocycles. The minimum atomic E-state index is -1.82. The number of benzene rings is 2. The molecule has 0 aliphatic carbocycles. The third-order valence-electron chi connectivity index (χ3n) is 5.01. The molecule has 0 unspecified atom stereocenters. The predicted molar refractivity (Wildman–Crippen MR) is 109 cm³/mol. The summed E-state index contributed by atoms with van der Waals surface area (Å²) in [6, 6.07) is 16.6. The van der Waals surface area contributed by atoms with Crippen LogP contribution in [0.3, 0.4) is 0 Å². The van der Waals surface area contributed by atoms with Gasteiger partial charge in [-0.3, -0.25) is 0 Å². The zero-order valence-electron chi connectivity index (χ0n) is 16.5. The summed E-state index contributed by atoms with van der Waals surface area (Å²) in [6.45, 7) is 13.5. The van der Waals surface area contributed by atoms with Gasteiger partial charge in [-0.05, 0) is 67.0 Å². The lowest BCUT2D eigenvalue weighted by atomic mass is 10.1. The zero-order valence-corrected chi connectivity index (χ0v) is 17.5. The van der Waals surface area contributed by atoms with Crippen molar-refractivity contribution in [3.63, 3.8) is 0 Å². The first-order valence-corrected chi connectivity index (χ1v) is 11.7. The first kappa shape index (κ1) is 19.4. The maximum atomic E-state index is 6.43. The fraction of sp³-hybridized carbons (Fsp3) is 0.429. The van der Waals surface area contributed by atoms with Crippen LogP contribution >= 0.6 is 0 Å². The average Bonchev–Trinajstić information content (AvgIpc) is 2.54. The molecular weight excluding hydrogens is 326 g/mol. The summed E-state index contributed by atoms with van der Waals surface area (Å²) in [5.41, 5.74) is 2.29. The molecule has 0 aromatic heterocycles. The van der Waals surface area contributed by atoms with Gasteiger partial charge in [0.15, 0.2) is 0 Å². The third kappa shape index (κ3) is 5.02. The van der Waals surface area contributed by atoms with E-state index in [1.165, 1.54) is 5.56 Å². The Hall–Kier alpha value is -1.94. The summed E-state index contributed by atoms with van der Waals surface area (Å²) < 4.78 is 11.6. The summed E-state index contributed by atoms with van der Waals surface area (Å²) in [5, 5.41) is 3.72. The van der Waals surface area contributed by atoms with Gasteiger partial charge >= 0.3 is 0 Å². The Morgan fingerprint density at radius 1 is 0.960 bits per heavy atom. The molecule has 2 aromatic rings. The fourth-order valence-electron chi connectivity index (χ4n) is 2.32. The Morgan fingerprint density at radius 3 is 2.16 bits per heavy atom. The van der Waals surface area contributed by atoms with Gasteiger partial charge in [0.1, 0.15) is 11.5 Å².